The van der Waals surface area contributed by atoms with E-state index in [0.29, 0.717) is 0 Å². The van der Waals surface area contributed by atoms with Gasteiger partial charge in [0.25, 0.3) is 0 Å². The highest BCUT2D eigenvalue weighted by molar-refractivity contribution is 8.77. The summed E-state index contributed by atoms with van der Waals surface area (Å²) in [6.45, 7) is 13.7. The molecule has 1 aliphatic heterocycles. The van der Waals surface area contributed by atoms with Crippen LogP contribution in [0.15, 0.2) is 40.1 Å². The molecule has 1 N–H and O–H groups in total. The first kappa shape index (κ1) is 27.1. The fourth-order valence-electron chi connectivity index (χ4n) is 4.01. The van der Waals surface area contributed by atoms with Gasteiger partial charge in [0, 0.05) is 0 Å². The highest BCUT2D eigenvalue weighted by Crippen LogP contribution is 2.55. The molecular weight excluding hydrogens is 509 g/mol. The van der Waals surface area contributed by atoms with Crippen molar-refractivity contribution >= 4 is 64.1 Å². The summed E-state index contributed by atoms with van der Waals surface area (Å²) in [6, 6.07) is 7.91. The molecule has 0 aliphatic carbocycles. The molecular formula is C23H32N2O5S3Si. The number of allylic oxidation sites excluding steroid dienone is 1. The van der Waals surface area contributed by atoms with Gasteiger partial charge in [0.2, 0.25) is 5.91 Å². The summed E-state index contributed by atoms with van der Waals surface area (Å²) >= 11 is 1.58. The van der Waals surface area contributed by atoms with E-state index < -0.39 is 31.9 Å². The third-order valence-electron chi connectivity index (χ3n) is 6.06. The quantitative estimate of drug-likeness (QED) is 0.116. The molecule has 2 aromatic rings. The van der Waals surface area contributed by atoms with Crippen LogP contribution in [0.3, 0.4) is 0 Å². The molecule has 0 saturated carbocycles. The molecule has 1 amide bonds. The Morgan fingerprint density at radius 3 is 2.41 bits per heavy atom. The molecule has 0 radical (unpaired) electrons. The maximum absolute atomic E-state index is 13.6. The smallest absolute Gasteiger partial charge is 0.358 e. The second-order valence-electron chi connectivity index (χ2n) is 9.65. The number of aliphatic hydroxyl groups is 1. The predicted molar refractivity (Wildman–Crippen MR) is 142 cm³/mol. The lowest BCUT2D eigenvalue weighted by Crippen LogP contribution is -2.70. The molecule has 1 aromatic heterocycles. The van der Waals surface area contributed by atoms with E-state index in [-0.39, 0.29) is 22.8 Å². The standard InChI is InChI=1S/C23H32N2O5S3Si/c1-13(26)17(20(28)29-6)25-18(27)16(23(5,22(2,3)4)30-34(7)8)19(25)32-33-21-24-14-11-9-10-12-15(14)31-21/h9-12,16,19,26,34H,1-8H3/b17-13+/t16?,19?,23-/m1/s1. The zero-order valence-corrected chi connectivity index (χ0v) is 24.3. The summed E-state index contributed by atoms with van der Waals surface area (Å²) in [5, 5.41) is 9.83. The SMILES string of the molecule is COC(=O)/C(=C(/C)O)N1C(=O)C([C@@](C)(O[SiH](C)C)C(C)(C)C)C1SSc1nc2ccccc2s1. The minimum Gasteiger partial charge on any atom is -0.510 e. The first-order valence-electron chi connectivity index (χ1n) is 11.0. The number of fused-ring (bicyclic) bond motifs is 1. The number of rotatable bonds is 8. The Hall–Kier alpha value is -1.53. The second-order valence-corrected chi connectivity index (χ2v) is 15.6. The summed E-state index contributed by atoms with van der Waals surface area (Å²) in [5.41, 5.74) is -0.329. The van der Waals surface area contributed by atoms with Crippen molar-refractivity contribution in [2.75, 3.05) is 7.11 Å². The maximum atomic E-state index is 13.6. The lowest BCUT2D eigenvalue weighted by molar-refractivity contribution is -0.175. The predicted octanol–water partition coefficient (Wildman–Crippen LogP) is 5.59. The van der Waals surface area contributed by atoms with Crippen molar-refractivity contribution in [3.8, 4) is 0 Å². The van der Waals surface area contributed by atoms with Crippen molar-refractivity contribution in [2.45, 2.75) is 63.0 Å². The number of ether oxygens (including phenoxy) is 1. The number of aromatic nitrogens is 1. The third kappa shape index (κ3) is 5.04. The normalized spacial score (nSPS) is 21.3. The van der Waals surface area contributed by atoms with Gasteiger partial charge in [-0.15, -0.1) is 11.3 Å². The van der Waals surface area contributed by atoms with Crippen LogP contribution in [0, 0.1) is 11.3 Å². The topological polar surface area (TPSA) is 89.0 Å². The highest BCUT2D eigenvalue weighted by atomic mass is 33.1. The van der Waals surface area contributed by atoms with E-state index in [1.54, 1.807) is 11.3 Å². The Kier molecular flexibility index (Phi) is 8.13. The summed E-state index contributed by atoms with van der Waals surface area (Å²) < 4.78 is 13.4. The van der Waals surface area contributed by atoms with Crippen LogP contribution in [-0.4, -0.2) is 54.0 Å². The van der Waals surface area contributed by atoms with Crippen molar-refractivity contribution in [2.24, 2.45) is 11.3 Å². The first-order valence-corrected chi connectivity index (χ1v) is 16.8. The van der Waals surface area contributed by atoms with Crippen molar-refractivity contribution in [3.05, 3.63) is 35.7 Å². The number of amides is 1. The summed E-state index contributed by atoms with van der Waals surface area (Å²) in [6.07, 6.45) is 0. The van der Waals surface area contributed by atoms with Crippen LogP contribution < -0.4 is 0 Å². The number of hydrogen-bond acceptors (Lipinski definition) is 9. The van der Waals surface area contributed by atoms with Gasteiger partial charge in [0.1, 0.15) is 11.1 Å². The number of hydrogen-bond donors (Lipinski definition) is 1. The van der Waals surface area contributed by atoms with Crippen molar-refractivity contribution < 1.29 is 23.9 Å². The van der Waals surface area contributed by atoms with E-state index in [2.05, 4.69) is 38.8 Å². The number of aliphatic hydroxyl groups excluding tert-OH is 1. The molecule has 1 aromatic carbocycles. The number of thiazole rings is 1. The van der Waals surface area contributed by atoms with Gasteiger partial charge in [-0.05, 0) is 55.3 Å². The first-order chi connectivity index (χ1) is 15.8. The molecule has 3 atom stereocenters. The van der Waals surface area contributed by atoms with Crippen molar-refractivity contribution in [1.29, 1.82) is 0 Å². The Labute approximate surface area is 214 Å². The number of β-lactam (4-membered cyclic amide) rings is 1. The van der Waals surface area contributed by atoms with Gasteiger partial charge >= 0.3 is 5.97 Å². The third-order valence-corrected chi connectivity index (χ3v) is 11.0. The molecule has 186 valence electrons. The van der Waals surface area contributed by atoms with Gasteiger partial charge in [-0.3, -0.25) is 9.69 Å². The number of carbonyl (C=O) groups excluding carboxylic acids is 2. The second kappa shape index (κ2) is 10.2. The van der Waals surface area contributed by atoms with E-state index >= 15 is 0 Å². The van der Waals surface area contributed by atoms with Crippen molar-refractivity contribution in [3.63, 3.8) is 0 Å². The van der Waals surface area contributed by atoms with Gasteiger partial charge in [-0.25, -0.2) is 9.78 Å². The van der Waals surface area contributed by atoms with Gasteiger partial charge in [-0.2, -0.15) is 0 Å². The van der Waals surface area contributed by atoms with Gasteiger partial charge in [0.05, 0.1) is 28.8 Å². The lowest BCUT2D eigenvalue weighted by atomic mass is 9.66. The van der Waals surface area contributed by atoms with Crippen LogP contribution in [0.25, 0.3) is 10.2 Å². The van der Waals surface area contributed by atoms with Crippen LogP contribution in [0.1, 0.15) is 34.6 Å². The number of carbonyl (C=O) groups is 2. The molecule has 0 bridgehead atoms. The molecule has 11 heteroatoms. The monoisotopic (exact) mass is 540 g/mol. The molecule has 1 fully saturated rings. The number of esters is 1. The Balaban J connectivity index is 2.01. The summed E-state index contributed by atoms with van der Waals surface area (Å²) in [5.74, 6) is -1.79. The number of benzene rings is 1. The molecule has 1 aliphatic rings. The number of nitrogens with zero attached hydrogens (tertiary/aromatic N) is 2. The fraction of sp³-hybridized carbons (Fsp3) is 0.522. The van der Waals surface area contributed by atoms with E-state index in [0.717, 1.165) is 14.6 Å². The van der Waals surface area contributed by atoms with E-state index in [1.807, 2.05) is 31.2 Å². The molecule has 2 heterocycles. The summed E-state index contributed by atoms with van der Waals surface area (Å²) in [4.78, 5) is 32.2. The molecule has 3 rings (SSSR count). The lowest BCUT2D eigenvalue weighted by Gasteiger charge is -2.57. The van der Waals surface area contributed by atoms with Gasteiger partial charge in [-0.1, -0.05) is 43.7 Å². The van der Waals surface area contributed by atoms with Crippen molar-refractivity contribution in [1.82, 2.24) is 9.88 Å². The molecule has 7 nitrogen and oxygen atoms in total. The van der Waals surface area contributed by atoms with Crippen LogP contribution >= 0.6 is 32.9 Å². The van der Waals surface area contributed by atoms with Crippen LogP contribution in [0.5, 0.6) is 0 Å². The largest absolute Gasteiger partial charge is 0.510 e. The maximum Gasteiger partial charge on any atom is 0.358 e. The van der Waals surface area contributed by atoms with E-state index in [1.165, 1.54) is 40.5 Å². The minimum absolute atomic E-state index is 0.135. The summed E-state index contributed by atoms with van der Waals surface area (Å²) in [7, 11) is 2.62. The van der Waals surface area contributed by atoms with Gasteiger partial charge < -0.3 is 14.3 Å². The van der Waals surface area contributed by atoms with Crippen LogP contribution in [-0.2, 0) is 18.8 Å². The zero-order chi connectivity index (χ0) is 25.4. The average molecular weight is 541 g/mol. The number of methoxy groups -OCH3 is 1. The highest BCUT2D eigenvalue weighted by Gasteiger charge is 2.63. The molecule has 1 saturated heterocycles. The molecule has 2 unspecified atom stereocenters. The van der Waals surface area contributed by atoms with E-state index in [4.69, 9.17) is 9.16 Å². The van der Waals surface area contributed by atoms with Crippen LogP contribution in [0.4, 0.5) is 0 Å². The van der Waals surface area contributed by atoms with E-state index in [9.17, 15) is 14.7 Å². The zero-order valence-electron chi connectivity index (χ0n) is 20.7. The van der Waals surface area contributed by atoms with Gasteiger partial charge in [0.15, 0.2) is 19.1 Å². The molecule has 34 heavy (non-hydrogen) atoms. The fourth-order valence-corrected chi connectivity index (χ4v) is 9.60. The number of likely N-dealkylation sites (tertiary alicyclic amines) is 1. The van der Waals surface area contributed by atoms with Crippen LogP contribution in [0.2, 0.25) is 13.1 Å². The number of para-hydroxylation sites is 1. The Bertz CT molecular complexity index is 1080. The Morgan fingerprint density at radius 1 is 1.24 bits per heavy atom. The molecule has 0 spiro atoms. The minimum atomic E-state index is -1.53. The average Bonchev–Trinajstić information content (AvgIpc) is 3.15. The Morgan fingerprint density at radius 2 is 1.88 bits per heavy atom.